The minimum Gasteiger partial charge on any atom is -0.454 e. The fraction of sp³-hybridized carbons (Fsp3) is 0.667. The van der Waals surface area contributed by atoms with E-state index in [2.05, 4.69) is 52.8 Å². The molecule has 1 aliphatic heterocycles. The van der Waals surface area contributed by atoms with Gasteiger partial charge in [-0.25, -0.2) is 0 Å². The number of fused-ring (bicyclic) bond motifs is 1. The molecule has 1 aromatic rings. The molecule has 0 spiro atoms. The highest BCUT2D eigenvalue weighted by Gasteiger charge is 2.23. The molecule has 0 fully saturated rings. The maximum Gasteiger partial charge on any atom is 0.231 e. The quantitative estimate of drug-likeness (QED) is 0.332. The molecule has 1 heterocycles. The molecule has 0 saturated heterocycles. The molecule has 1 aliphatic rings. The number of rotatable bonds is 13. The molecule has 0 aliphatic carbocycles. The van der Waals surface area contributed by atoms with Gasteiger partial charge in [0.25, 0.3) is 0 Å². The van der Waals surface area contributed by atoms with E-state index in [4.69, 9.17) is 9.47 Å². The standard InChI is InChI=1S/C27H43NO3/c1-7-11-23-17-24(18-26-27(23)31-19-30-26)22(10-4)16-20(5)14-15-28(21(6)29)25(12-8-2)13-9-3/h12,17-18,20,22H,7-11,13-16,19H2,1-6H3/b25-12+. The van der Waals surface area contributed by atoms with Crippen molar-refractivity contribution in [2.75, 3.05) is 13.3 Å². The van der Waals surface area contributed by atoms with Crippen molar-refractivity contribution < 1.29 is 14.3 Å². The van der Waals surface area contributed by atoms with E-state index in [9.17, 15) is 4.79 Å². The van der Waals surface area contributed by atoms with Crippen molar-refractivity contribution in [1.29, 1.82) is 0 Å². The van der Waals surface area contributed by atoms with Gasteiger partial charge in [-0.05, 0) is 67.6 Å². The number of hydrogen-bond donors (Lipinski definition) is 0. The van der Waals surface area contributed by atoms with E-state index in [0.29, 0.717) is 18.6 Å². The number of amides is 1. The van der Waals surface area contributed by atoms with Crippen LogP contribution >= 0.6 is 0 Å². The smallest absolute Gasteiger partial charge is 0.231 e. The van der Waals surface area contributed by atoms with Gasteiger partial charge in [-0.1, -0.05) is 59.6 Å². The van der Waals surface area contributed by atoms with Gasteiger partial charge in [-0.3, -0.25) is 4.79 Å². The fourth-order valence-corrected chi connectivity index (χ4v) is 4.63. The molecule has 0 radical (unpaired) electrons. The molecule has 2 rings (SSSR count). The molecule has 31 heavy (non-hydrogen) atoms. The summed E-state index contributed by atoms with van der Waals surface area (Å²) in [4.78, 5) is 14.3. The summed E-state index contributed by atoms with van der Waals surface area (Å²) < 4.78 is 11.4. The molecule has 174 valence electrons. The van der Waals surface area contributed by atoms with Gasteiger partial charge in [0, 0.05) is 19.2 Å². The van der Waals surface area contributed by atoms with Gasteiger partial charge in [-0.2, -0.15) is 0 Å². The number of allylic oxidation sites excluding steroid dienone is 2. The van der Waals surface area contributed by atoms with E-state index in [0.717, 1.165) is 69.4 Å². The van der Waals surface area contributed by atoms with Crippen molar-refractivity contribution in [3.63, 3.8) is 0 Å². The van der Waals surface area contributed by atoms with Crippen LogP contribution in [0.5, 0.6) is 11.5 Å². The Labute approximate surface area is 190 Å². The monoisotopic (exact) mass is 429 g/mol. The minimum atomic E-state index is 0.160. The summed E-state index contributed by atoms with van der Waals surface area (Å²) in [7, 11) is 0. The molecule has 0 aromatic heterocycles. The number of aryl methyl sites for hydroxylation is 1. The predicted octanol–water partition coefficient (Wildman–Crippen LogP) is 7.22. The number of hydrogen-bond acceptors (Lipinski definition) is 3. The molecule has 1 aromatic carbocycles. The van der Waals surface area contributed by atoms with Crippen LogP contribution < -0.4 is 9.47 Å². The molecule has 0 saturated carbocycles. The van der Waals surface area contributed by atoms with Gasteiger partial charge in [0.15, 0.2) is 11.5 Å². The second kappa shape index (κ2) is 12.8. The van der Waals surface area contributed by atoms with Crippen molar-refractivity contribution in [2.45, 2.75) is 98.8 Å². The summed E-state index contributed by atoms with van der Waals surface area (Å²) >= 11 is 0. The maximum absolute atomic E-state index is 12.3. The van der Waals surface area contributed by atoms with E-state index >= 15 is 0 Å². The summed E-state index contributed by atoms with van der Waals surface area (Å²) in [6.45, 7) is 13.9. The lowest BCUT2D eigenvalue weighted by Crippen LogP contribution is -2.30. The van der Waals surface area contributed by atoms with Crippen LogP contribution in [0.4, 0.5) is 0 Å². The molecule has 2 atom stereocenters. The zero-order chi connectivity index (χ0) is 22.8. The second-order valence-corrected chi connectivity index (χ2v) is 8.92. The highest BCUT2D eigenvalue weighted by molar-refractivity contribution is 5.75. The Hall–Kier alpha value is -1.97. The summed E-state index contributed by atoms with van der Waals surface area (Å²) in [6, 6.07) is 4.52. The van der Waals surface area contributed by atoms with Crippen LogP contribution in [0.3, 0.4) is 0 Å². The summed E-state index contributed by atoms with van der Waals surface area (Å²) in [5, 5.41) is 0. The number of ether oxygens (including phenoxy) is 2. The first-order valence-electron chi connectivity index (χ1n) is 12.3. The van der Waals surface area contributed by atoms with Crippen molar-refractivity contribution in [2.24, 2.45) is 5.92 Å². The first-order valence-corrected chi connectivity index (χ1v) is 12.3. The number of carbonyl (C=O) groups is 1. The van der Waals surface area contributed by atoms with Gasteiger partial charge in [0.1, 0.15) is 0 Å². The van der Waals surface area contributed by atoms with Crippen molar-refractivity contribution >= 4 is 5.91 Å². The first-order chi connectivity index (χ1) is 14.9. The third-order valence-corrected chi connectivity index (χ3v) is 6.26. The molecule has 1 amide bonds. The summed E-state index contributed by atoms with van der Waals surface area (Å²) in [6.07, 6.45) is 10.6. The normalized spacial score (nSPS) is 15.1. The molecule has 2 unspecified atom stereocenters. The molecule has 0 N–H and O–H groups in total. The Morgan fingerprint density at radius 1 is 1.16 bits per heavy atom. The summed E-state index contributed by atoms with van der Waals surface area (Å²) in [5.74, 6) is 3.04. The van der Waals surface area contributed by atoms with Crippen LogP contribution in [-0.4, -0.2) is 24.1 Å². The zero-order valence-electron chi connectivity index (χ0n) is 20.6. The lowest BCUT2D eigenvalue weighted by molar-refractivity contribution is -0.127. The molecular formula is C27H43NO3. The second-order valence-electron chi connectivity index (χ2n) is 8.92. The average Bonchev–Trinajstić information content (AvgIpc) is 3.21. The third-order valence-electron chi connectivity index (χ3n) is 6.26. The first kappa shape index (κ1) is 25.3. The number of benzene rings is 1. The lowest BCUT2D eigenvalue weighted by Gasteiger charge is -2.27. The van der Waals surface area contributed by atoms with Crippen LogP contribution in [0.1, 0.15) is 104 Å². The Morgan fingerprint density at radius 2 is 1.94 bits per heavy atom. The number of nitrogens with zero attached hydrogens (tertiary/aromatic N) is 1. The van der Waals surface area contributed by atoms with E-state index in [1.165, 1.54) is 16.8 Å². The zero-order valence-corrected chi connectivity index (χ0v) is 20.6. The third kappa shape index (κ3) is 7.02. The SMILES string of the molecule is CC/C=C(\CCC)N(CCC(C)CC(CC)c1cc(CCC)c2c(c1)OCO2)C(C)=O. The van der Waals surface area contributed by atoms with Crippen LogP contribution in [0, 0.1) is 5.92 Å². The van der Waals surface area contributed by atoms with E-state index in [1.54, 1.807) is 6.92 Å². The van der Waals surface area contributed by atoms with E-state index in [-0.39, 0.29) is 5.91 Å². The van der Waals surface area contributed by atoms with Crippen molar-refractivity contribution in [3.8, 4) is 11.5 Å². The number of carbonyl (C=O) groups excluding carboxylic acids is 1. The largest absolute Gasteiger partial charge is 0.454 e. The van der Waals surface area contributed by atoms with E-state index < -0.39 is 0 Å². The highest BCUT2D eigenvalue weighted by Crippen LogP contribution is 2.41. The average molecular weight is 430 g/mol. The lowest BCUT2D eigenvalue weighted by atomic mass is 9.85. The molecule has 4 heteroatoms. The van der Waals surface area contributed by atoms with Gasteiger partial charge in [-0.15, -0.1) is 0 Å². The predicted molar refractivity (Wildman–Crippen MR) is 129 cm³/mol. The molecule has 4 nitrogen and oxygen atoms in total. The maximum atomic E-state index is 12.3. The van der Waals surface area contributed by atoms with Gasteiger partial charge in [0.05, 0.1) is 0 Å². The minimum absolute atomic E-state index is 0.160. The Bertz CT molecular complexity index is 740. The van der Waals surface area contributed by atoms with Gasteiger partial charge < -0.3 is 14.4 Å². The van der Waals surface area contributed by atoms with Gasteiger partial charge in [0.2, 0.25) is 12.7 Å². The topological polar surface area (TPSA) is 38.8 Å². The van der Waals surface area contributed by atoms with Crippen molar-refractivity contribution in [3.05, 3.63) is 35.0 Å². The van der Waals surface area contributed by atoms with E-state index in [1.807, 2.05) is 4.90 Å². The molecule has 0 bridgehead atoms. The summed E-state index contributed by atoms with van der Waals surface area (Å²) in [5.41, 5.74) is 3.83. The van der Waals surface area contributed by atoms with Crippen molar-refractivity contribution in [1.82, 2.24) is 4.90 Å². The Kier molecular flexibility index (Phi) is 10.4. The fourth-order valence-electron chi connectivity index (χ4n) is 4.63. The Morgan fingerprint density at radius 3 is 2.55 bits per heavy atom. The molecular weight excluding hydrogens is 386 g/mol. The van der Waals surface area contributed by atoms with Crippen LogP contribution in [-0.2, 0) is 11.2 Å². The Balaban J connectivity index is 2.07. The van der Waals surface area contributed by atoms with Crippen LogP contribution in [0.2, 0.25) is 0 Å². The van der Waals surface area contributed by atoms with Gasteiger partial charge >= 0.3 is 0 Å². The van der Waals surface area contributed by atoms with Crippen LogP contribution in [0.25, 0.3) is 0 Å². The highest BCUT2D eigenvalue weighted by atomic mass is 16.7. The van der Waals surface area contributed by atoms with Crippen LogP contribution in [0.15, 0.2) is 23.9 Å².